The molecule has 25 heavy (non-hydrogen) atoms. The van der Waals surface area contributed by atoms with Crippen LogP contribution < -0.4 is 10.6 Å². The topological polar surface area (TPSA) is 87.2 Å². The molecule has 0 saturated carbocycles. The highest BCUT2D eigenvalue weighted by Crippen LogP contribution is 2.18. The maximum atomic E-state index is 12.0. The monoisotopic (exact) mass is 375 g/mol. The number of thiophene rings is 1. The lowest BCUT2D eigenvalue weighted by molar-refractivity contribution is -0.136. The van der Waals surface area contributed by atoms with Crippen molar-refractivity contribution in [1.29, 1.82) is 0 Å². The summed E-state index contributed by atoms with van der Waals surface area (Å²) < 4.78 is 8.20. The maximum absolute atomic E-state index is 12.0. The Labute approximate surface area is 153 Å². The molecule has 1 aromatic carbocycles. The van der Waals surface area contributed by atoms with Gasteiger partial charge in [-0.15, -0.1) is 11.3 Å². The molecule has 0 bridgehead atoms. The van der Waals surface area contributed by atoms with Crippen molar-refractivity contribution in [3.63, 3.8) is 0 Å². The minimum atomic E-state index is -0.701. The van der Waals surface area contributed by atoms with E-state index in [0.717, 1.165) is 28.7 Å². The Morgan fingerprint density at radius 3 is 2.60 bits per heavy atom. The highest BCUT2D eigenvalue weighted by molar-refractivity contribution is 7.12. The Balaban J connectivity index is 1.53. The van der Waals surface area contributed by atoms with Crippen molar-refractivity contribution >= 4 is 51.6 Å². The molecule has 2 N–H and O–H groups in total. The van der Waals surface area contributed by atoms with Crippen molar-refractivity contribution < 1.29 is 9.59 Å². The van der Waals surface area contributed by atoms with Crippen LogP contribution in [0.4, 0.5) is 5.69 Å². The predicted molar refractivity (Wildman–Crippen MR) is 99.6 cm³/mol. The van der Waals surface area contributed by atoms with E-state index in [1.54, 1.807) is 29.5 Å². The molecule has 7 nitrogen and oxygen atoms in total. The molecule has 3 aromatic rings. The summed E-state index contributed by atoms with van der Waals surface area (Å²) in [6, 6.07) is 9.14. The van der Waals surface area contributed by atoms with Gasteiger partial charge in [-0.2, -0.15) is 8.75 Å². The predicted octanol–water partition coefficient (Wildman–Crippen LogP) is 2.07. The van der Waals surface area contributed by atoms with Crippen molar-refractivity contribution in [3.8, 4) is 0 Å². The number of benzene rings is 1. The maximum Gasteiger partial charge on any atom is 0.313 e. The first-order valence-electron chi connectivity index (χ1n) is 7.55. The molecule has 0 spiro atoms. The number of hydrogen-bond donors (Lipinski definition) is 2. The Bertz CT molecular complexity index is 903. The van der Waals surface area contributed by atoms with Gasteiger partial charge in [0.05, 0.1) is 18.3 Å². The zero-order chi connectivity index (χ0) is 17.8. The summed E-state index contributed by atoms with van der Waals surface area (Å²) in [6.07, 6.45) is 0. The summed E-state index contributed by atoms with van der Waals surface area (Å²) in [7, 11) is 4.01. The Hall–Kier alpha value is -2.36. The van der Waals surface area contributed by atoms with E-state index < -0.39 is 11.8 Å². The fourth-order valence-electron chi connectivity index (χ4n) is 2.21. The van der Waals surface area contributed by atoms with Crippen LogP contribution in [-0.2, 0) is 22.7 Å². The molecule has 0 unspecified atom stereocenters. The Morgan fingerprint density at radius 1 is 1.04 bits per heavy atom. The molecule has 0 aliphatic carbocycles. The van der Waals surface area contributed by atoms with E-state index in [0.29, 0.717) is 17.7 Å². The minimum absolute atomic E-state index is 0.333. The number of fused-ring (bicyclic) bond motifs is 1. The van der Waals surface area contributed by atoms with Crippen molar-refractivity contribution in [2.24, 2.45) is 0 Å². The van der Waals surface area contributed by atoms with Gasteiger partial charge >= 0.3 is 11.8 Å². The number of carbonyl (C=O) groups excluding carboxylic acids is 2. The molecular weight excluding hydrogens is 358 g/mol. The molecule has 2 amide bonds. The minimum Gasteiger partial charge on any atom is -0.343 e. The van der Waals surface area contributed by atoms with Crippen molar-refractivity contribution in [2.45, 2.75) is 13.1 Å². The van der Waals surface area contributed by atoms with Crippen molar-refractivity contribution in [3.05, 3.63) is 40.1 Å². The second kappa shape index (κ2) is 7.68. The van der Waals surface area contributed by atoms with Gasteiger partial charge < -0.3 is 15.5 Å². The molecular formula is C16H17N5O2S2. The molecule has 0 aliphatic heterocycles. The third-order valence-corrected chi connectivity index (χ3v) is 4.96. The average Bonchev–Trinajstić information content (AvgIpc) is 3.20. The van der Waals surface area contributed by atoms with Gasteiger partial charge in [0.15, 0.2) is 0 Å². The summed E-state index contributed by atoms with van der Waals surface area (Å²) in [6.45, 7) is 1.19. The highest BCUT2D eigenvalue weighted by atomic mass is 32.1. The molecule has 0 aliphatic rings. The van der Waals surface area contributed by atoms with Crippen LogP contribution in [0.15, 0.2) is 30.3 Å². The summed E-state index contributed by atoms with van der Waals surface area (Å²) >= 11 is 2.72. The van der Waals surface area contributed by atoms with Gasteiger partial charge in [0.1, 0.15) is 11.0 Å². The number of carbonyl (C=O) groups is 2. The van der Waals surface area contributed by atoms with Gasteiger partial charge in [-0.3, -0.25) is 9.59 Å². The smallest absolute Gasteiger partial charge is 0.313 e. The van der Waals surface area contributed by atoms with Crippen LogP contribution in [0.3, 0.4) is 0 Å². The molecule has 130 valence electrons. The molecule has 0 saturated heterocycles. The number of aromatic nitrogens is 2. The first kappa shape index (κ1) is 17.5. The van der Waals surface area contributed by atoms with Crippen LogP contribution in [0, 0.1) is 0 Å². The van der Waals surface area contributed by atoms with Crippen LogP contribution in [0.5, 0.6) is 0 Å². The van der Waals surface area contributed by atoms with Gasteiger partial charge in [0.25, 0.3) is 0 Å². The fraction of sp³-hybridized carbons (Fsp3) is 0.250. The lowest BCUT2D eigenvalue weighted by atomic mass is 10.2. The highest BCUT2D eigenvalue weighted by Gasteiger charge is 2.14. The molecule has 2 heterocycles. The summed E-state index contributed by atoms with van der Waals surface area (Å²) in [5.74, 6) is -1.37. The summed E-state index contributed by atoms with van der Waals surface area (Å²) in [5, 5.41) is 5.21. The zero-order valence-electron chi connectivity index (χ0n) is 13.8. The van der Waals surface area contributed by atoms with Crippen LogP contribution in [0.25, 0.3) is 11.0 Å². The van der Waals surface area contributed by atoms with Crippen LogP contribution in [0.2, 0.25) is 0 Å². The molecule has 0 fully saturated rings. The van der Waals surface area contributed by atoms with Gasteiger partial charge in [-0.25, -0.2) is 0 Å². The first-order valence-corrected chi connectivity index (χ1v) is 9.10. The number of amides is 2. The average molecular weight is 375 g/mol. The quantitative estimate of drug-likeness (QED) is 0.667. The van der Waals surface area contributed by atoms with Crippen LogP contribution >= 0.6 is 23.1 Å². The van der Waals surface area contributed by atoms with Gasteiger partial charge in [-0.1, -0.05) is 0 Å². The standard InChI is InChI=1S/C16H17N5O2S2/c1-21(2)9-12-5-4-11(24-12)8-17-15(22)16(23)18-10-3-6-13-14(7-10)20-25-19-13/h3-7H,8-9H2,1-2H3,(H,17,22)(H,18,23). The van der Waals surface area contributed by atoms with Crippen LogP contribution in [-0.4, -0.2) is 39.6 Å². The number of hydrogen-bond acceptors (Lipinski definition) is 7. The van der Waals surface area contributed by atoms with E-state index >= 15 is 0 Å². The van der Waals surface area contributed by atoms with Crippen molar-refractivity contribution in [1.82, 2.24) is 19.0 Å². The molecule has 0 radical (unpaired) electrons. The second-order valence-electron chi connectivity index (χ2n) is 5.71. The lowest BCUT2D eigenvalue weighted by Crippen LogP contribution is -2.34. The molecule has 0 atom stereocenters. The van der Waals surface area contributed by atoms with E-state index in [-0.39, 0.29) is 0 Å². The van der Waals surface area contributed by atoms with Gasteiger partial charge in [0.2, 0.25) is 0 Å². The summed E-state index contributed by atoms with van der Waals surface area (Å²) in [5.41, 5.74) is 1.97. The summed E-state index contributed by atoms with van der Waals surface area (Å²) in [4.78, 5) is 28.3. The number of nitrogens with one attached hydrogen (secondary N) is 2. The fourth-order valence-corrected chi connectivity index (χ4v) is 3.80. The first-order chi connectivity index (χ1) is 12.0. The van der Waals surface area contributed by atoms with E-state index in [1.165, 1.54) is 4.88 Å². The largest absolute Gasteiger partial charge is 0.343 e. The van der Waals surface area contributed by atoms with E-state index in [9.17, 15) is 9.59 Å². The zero-order valence-corrected chi connectivity index (χ0v) is 15.4. The third kappa shape index (κ3) is 4.59. The van der Waals surface area contributed by atoms with Crippen molar-refractivity contribution in [2.75, 3.05) is 19.4 Å². The lowest BCUT2D eigenvalue weighted by Gasteiger charge is -2.07. The number of nitrogens with zero attached hydrogens (tertiary/aromatic N) is 3. The SMILES string of the molecule is CN(C)Cc1ccc(CNC(=O)C(=O)Nc2ccc3nsnc3c2)s1. The molecule has 2 aromatic heterocycles. The third-order valence-electron chi connectivity index (χ3n) is 3.33. The van der Waals surface area contributed by atoms with E-state index in [1.807, 2.05) is 26.2 Å². The van der Waals surface area contributed by atoms with Crippen LogP contribution in [0.1, 0.15) is 9.75 Å². The molecule has 3 rings (SSSR count). The number of rotatable bonds is 5. The number of anilines is 1. The van der Waals surface area contributed by atoms with E-state index in [4.69, 9.17) is 0 Å². The van der Waals surface area contributed by atoms with Gasteiger partial charge in [-0.05, 0) is 44.4 Å². The second-order valence-corrected chi connectivity index (χ2v) is 7.49. The normalized spacial score (nSPS) is 11.0. The van der Waals surface area contributed by atoms with Gasteiger partial charge in [0, 0.05) is 22.0 Å². The Morgan fingerprint density at radius 2 is 1.80 bits per heavy atom. The Kier molecular flexibility index (Phi) is 5.37. The van der Waals surface area contributed by atoms with E-state index in [2.05, 4.69) is 24.3 Å². The molecule has 9 heteroatoms.